The molecule has 0 spiro atoms. The summed E-state index contributed by atoms with van der Waals surface area (Å²) < 4.78 is 26.7. The van der Waals surface area contributed by atoms with Crippen molar-refractivity contribution < 1.29 is 13.6 Å². The minimum atomic E-state index is -0.852. The van der Waals surface area contributed by atoms with Crippen molar-refractivity contribution in [1.82, 2.24) is 10.2 Å². The van der Waals surface area contributed by atoms with E-state index in [1.807, 2.05) is 11.9 Å². The van der Waals surface area contributed by atoms with Crippen LogP contribution in [-0.4, -0.2) is 37.5 Å². The van der Waals surface area contributed by atoms with E-state index in [9.17, 15) is 13.6 Å². The van der Waals surface area contributed by atoms with Gasteiger partial charge < -0.3 is 10.2 Å². The Morgan fingerprint density at radius 1 is 1.30 bits per heavy atom. The van der Waals surface area contributed by atoms with Crippen molar-refractivity contribution in [3.8, 4) is 0 Å². The quantitative estimate of drug-likeness (QED) is 0.858. The highest BCUT2D eigenvalue weighted by molar-refractivity contribution is 5.85. The van der Waals surface area contributed by atoms with E-state index in [2.05, 4.69) is 5.32 Å². The monoisotopic (exact) mass is 346 g/mol. The van der Waals surface area contributed by atoms with E-state index in [0.717, 1.165) is 45.0 Å². The third-order valence-corrected chi connectivity index (χ3v) is 4.41. The summed E-state index contributed by atoms with van der Waals surface area (Å²) in [6, 6.07) is 4.11. The molecule has 130 valence electrons. The summed E-state index contributed by atoms with van der Waals surface area (Å²) >= 11 is 0. The highest BCUT2D eigenvalue weighted by Gasteiger charge is 2.22. The summed E-state index contributed by atoms with van der Waals surface area (Å²) in [7, 11) is 1.95. The van der Waals surface area contributed by atoms with Crippen LogP contribution in [0.1, 0.15) is 31.2 Å². The maximum absolute atomic E-state index is 13.6. The number of piperidine rings is 1. The molecule has 1 aliphatic heterocycles. The SMILES string of the molecule is CNCCC1CCN(C(=O)CCc2cccc(F)c2F)CC1.Cl. The molecule has 0 saturated carbocycles. The number of amides is 1. The third kappa shape index (κ3) is 5.74. The largest absolute Gasteiger partial charge is 0.343 e. The summed E-state index contributed by atoms with van der Waals surface area (Å²) in [5.41, 5.74) is 0.275. The second kappa shape index (κ2) is 9.83. The molecule has 0 unspecified atom stereocenters. The van der Waals surface area contributed by atoms with Crippen LogP contribution in [-0.2, 0) is 11.2 Å². The second-order valence-corrected chi connectivity index (χ2v) is 5.93. The average Bonchev–Trinajstić information content (AvgIpc) is 2.54. The molecule has 0 radical (unpaired) electrons. The lowest BCUT2D eigenvalue weighted by molar-refractivity contribution is -0.132. The highest BCUT2D eigenvalue weighted by atomic mass is 35.5. The van der Waals surface area contributed by atoms with Crippen LogP contribution >= 0.6 is 12.4 Å². The molecule has 2 rings (SSSR count). The number of aryl methyl sites for hydroxylation is 1. The maximum atomic E-state index is 13.6. The van der Waals surface area contributed by atoms with Crippen molar-refractivity contribution in [1.29, 1.82) is 0 Å². The van der Waals surface area contributed by atoms with Gasteiger partial charge in [-0.05, 0) is 56.8 Å². The van der Waals surface area contributed by atoms with Crippen LogP contribution in [0.4, 0.5) is 8.78 Å². The van der Waals surface area contributed by atoms with Crippen molar-refractivity contribution >= 4 is 18.3 Å². The normalized spacial score (nSPS) is 15.3. The Labute approximate surface area is 142 Å². The van der Waals surface area contributed by atoms with Gasteiger partial charge in [0.05, 0.1) is 0 Å². The number of likely N-dealkylation sites (tertiary alicyclic amines) is 1. The molecule has 3 nitrogen and oxygen atoms in total. The van der Waals surface area contributed by atoms with Crippen molar-refractivity contribution in [2.24, 2.45) is 5.92 Å². The molecular weight excluding hydrogens is 322 g/mol. The lowest BCUT2D eigenvalue weighted by atomic mass is 9.93. The van der Waals surface area contributed by atoms with Gasteiger partial charge in [-0.2, -0.15) is 0 Å². The molecule has 1 aromatic carbocycles. The first-order valence-electron chi connectivity index (χ1n) is 7.97. The Morgan fingerprint density at radius 2 is 2.00 bits per heavy atom. The van der Waals surface area contributed by atoms with Crippen molar-refractivity contribution in [2.45, 2.75) is 32.1 Å². The summed E-state index contributed by atoms with van der Waals surface area (Å²) in [5.74, 6) is -0.968. The van der Waals surface area contributed by atoms with Crippen LogP contribution in [0, 0.1) is 17.6 Å². The van der Waals surface area contributed by atoms with E-state index in [4.69, 9.17) is 0 Å². The molecule has 0 bridgehead atoms. The lowest BCUT2D eigenvalue weighted by Gasteiger charge is -2.32. The molecule has 0 aromatic heterocycles. The number of rotatable bonds is 6. The zero-order chi connectivity index (χ0) is 15.9. The van der Waals surface area contributed by atoms with Crippen LogP contribution in [0.15, 0.2) is 18.2 Å². The molecule has 1 amide bonds. The number of benzene rings is 1. The molecule has 1 saturated heterocycles. The number of hydrogen-bond acceptors (Lipinski definition) is 2. The van der Waals surface area contributed by atoms with Crippen LogP contribution in [0.3, 0.4) is 0 Å². The van der Waals surface area contributed by atoms with E-state index in [0.29, 0.717) is 5.92 Å². The fourth-order valence-corrected chi connectivity index (χ4v) is 2.96. The van der Waals surface area contributed by atoms with Gasteiger partial charge in [0, 0.05) is 19.5 Å². The van der Waals surface area contributed by atoms with Crippen molar-refractivity contribution in [3.05, 3.63) is 35.4 Å². The standard InChI is InChI=1S/C17H24F2N2O.ClH/c1-20-10-7-13-8-11-21(12-9-13)16(22)6-5-14-3-2-4-15(18)17(14)19;/h2-4,13,20H,5-12H2,1H3;1H. The number of carbonyl (C=O) groups is 1. The number of hydrogen-bond donors (Lipinski definition) is 1. The number of halogens is 3. The first-order valence-corrected chi connectivity index (χ1v) is 7.97. The number of nitrogens with zero attached hydrogens (tertiary/aromatic N) is 1. The zero-order valence-electron chi connectivity index (χ0n) is 13.5. The number of carbonyl (C=O) groups excluding carboxylic acids is 1. The third-order valence-electron chi connectivity index (χ3n) is 4.41. The van der Waals surface area contributed by atoms with Crippen LogP contribution in [0.2, 0.25) is 0 Å². The Balaban J connectivity index is 0.00000264. The van der Waals surface area contributed by atoms with Crippen molar-refractivity contribution in [3.63, 3.8) is 0 Å². The molecule has 1 N–H and O–H groups in total. The fraction of sp³-hybridized carbons (Fsp3) is 0.588. The summed E-state index contributed by atoms with van der Waals surface area (Å²) in [5, 5.41) is 3.15. The smallest absolute Gasteiger partial charge is 0.222 e. The molecule has 23 heavy (non-hydrogen) atoms. The van der Waals surface area contributed by atoms with E-state index >= 15 is 0 Å². The highest BCUT2D eigenvalue weighted by Crippen LogP contribution is 2.21. The molecule has 6 heteroatoms. The van der Waals surface area contributed by atoms with Gasteiger partial charge in [0.25, 0.3) is 0 Å². The zero-order valence-corrected chi connectivity index (χ0v) is 14.3. The summed E-state index contributed by atoms with van der Waals surface area (Å²) in [6.45, 7) is 2.56. The van der Waals surface area contributed by atoms with Gasteiger partial charge in [-0.1, -0.05) is 12.1 Å². The van der Waals surface area contributed by atoms with E-state index < -0.39 is 11.6 Å². The summed E-state index contributed by atoms with van der Waals surface area (Å²) in [4.78, 5) is 14.0. The summed E-state index contributed by atoms with van der Waals surface area (Å²) in [6.07, 6.45) is 3.69. The lowest BCUT2D eigenvalue weighted by Crippen LogP contribution is -2.39. The Bertz CT molecular complexity index is 505. The van der Waals surface area contributed by atoms with E-state index in [1.54, 1.807) is 0 Å². The van der Waals surface area contributed by atoms with Gasteiger partial charge in [0.1, 0.15) is 0 Å². The van der Waals surface area contributed by atoms with Gasteiger partial charge in [-0.3, -0.25) is 4.79 Å². The average molecular weight is 347 g/mol. The van der Waals surface area contributed by atoms with Gasteiger partial charge in [-0.15, -0.1) is 12.4 Å². The molecule has 1 heterocycles. The number of nitrogens with one attached hydrogen (secondary N) is 1. The van der Waals surface area contributed by atoms with E-state index in [-0.39, 0.29) is 36.7 Å². The van der Waals surface area contributed by atoms with E-state index in [1.165, 1.54) is 12.1 Å². The van der Waals surface area contributed by atoms with Crippen LogP contribution in [0.25, 0.3) is 0 Å². The van der Waals surface area contributed by atoms with Gasteiger partial charge >= 0.3 is 0 Å². The minimum Gasteiger partial charge on any atom is -0.343 e. The first kappa shape index (κ1) is 19.8. The molecule has 0 atom stereocenters. The predicted molar refractivity (Wildman–Crippen MR) is 89.8 cm³/mol. The van der Waals surface area contributed by atoms with Crippen LogP contribution < -0.4 is 5.32 Å². The Kier molecular flexibility index (Phi) is 8.48. The maximum Gasteiger partial charge on any atom is 0.222 e. The molecule has 1 fully saturated rings. The Hall–Kier alpha value is -1.20. The van der Waals surface area contributed by atoms with Crippen LogP contribution in [0.5, 0.6) is 0 Å². The fourth-order valence-electron chi connectivity index (χ4n) is 2.96. The molecule has 0 aliphatic carbocycles. The Morgan fingerprint density at radius 3 is 2.65 bits per heavy atom. The molecular formula is C17H25ClF2N2O. The first-order chi connectivity index (χ1) is 10.6. The molecule has 1 aliphatic rings. The van der Waals surface area contributed by atoms with Gasteiger partial charge in [0.15, 0.2) is 11.6 Å². The van der Waals surface area contributed by atoms with Gasteiger partial charge in [0.2, 0.25) is 5.91 Å². The van der Waals surface area contributed by atoms with Gasteiger partial charge in [-0.25, -0.2) is 8.78 Å². The molecule has 1 aromatic rings. The van der Waals surface area contributed by atoms with Crippen molar-refractivity contribution in [2.75, 3.05) is 26.7 Å². The second-order valence-electron chi connectivity index (χ2n) is 5.93. The topological polar surface area (TPSA) is 32.3 Å². The minimum absolute atomic E-state index is 0. The predicted octanol–water partition coefficient (Wildman–Crippen LogP) is 3.17.